The van der Waals surface area contributed by atoms with Crippen LogP contribution in [-0.2, 0) is 20.3 Å². The molecule has 0 heterocycles. The summed E-state index contributed by atoms with van der Waals surface area (Å²) in [4.78, 5) is 0. The first-order valence-corrected chi connectivity index (χ1v) is 2.99. The first kappa shape index (κ1) is 8.03. The molecular weight excluding hydrogens is 132 g/mol. The predicted molar refractivity (Wildman–Crippen MR) is 26.7 cm³/mol. The Balaban J connectivity index is 2.82. The zero-order chi connectivity index (χ0) is 6.41. The van der Waals surface area contributed by atoms with Crippen LogP contribution < -0.4 is 0 Å². The van der Waals surface area contributed by atoms with Gasteiger partial charge in [0.1, 0.15) is 0 Å². The van der Waals surface area contributed by atoms with Crippen LogP contribution in [0.5, 0.6) is 0 Å². The van der Waals surface area contributed by atoms with Crippen LogP contribution in [-0.4, -0.2) is 29.1 Å². The molecule has 0 N–H and O–H groups in total. The Kier molecular flexibility index (Phi) is 5.19. The maximum atomic E-state index is 9.60. The molecule has 0 spiro atoms. The number of ether oxygens (including phenoxy) is 1. The minimum atomic E-state index is -2.40. The molecule has 8 heavy (non-hydrogen) atoms. The van der Waals surface area contributed by atoms with Gasteiger partial charge in [-0.3, -0.25) is 4.18 Å². The predicted octanol–water partition coefficient (Wildman–Crippen LogP) is -0.556. The molecule has 4 nitrogen and oxygen atoms in total. The van der Waals surface area contributed by atoms with Gasteiger partial charge >= 0.3 is 0 Å². The molecule has 0 aliphatic heterocycles. The Bertz CT molecular complexity index is 73.7. The lowest BCUT2D eigenvalue weighted by molar-refractivity contribution is 0.147. The third-order valence-corrected chi connectivity index (χ3v) is 0.826. The summed E-state index contributed by atoms with van der Waals surface area (Å²) in [5.74, 6) is 0. The smallest absolute Gasteiger partial charge is 0.0862 e. The summed E-state index contributed by atoms with van der Waals surface area (Å²) in [6, 6.07) is 0. The molecule has 1 atom stereocenters. The molecule has 0 aliphatic rings. The molecule has 0 bridgehead atoms. The Morgan fingerprint density at radius 1 is 1.62 bits per heavy atom. The Labute approximate surface area is 50.3 Å². The van der Waals surface area contributed by atoms with Gasteiger partial charge in [0.05, 0.1) is 24.6 Å². The molecule has 50 valence electrons. The SMILES string of the molecule is COCCOS(=O)[O-]. The van der Waals surface area contributed by atoms with Crippen LogP contribution in [0, 0.1) is 0 Å². The Hall–Kier alpha value is 0.0300. The van der Waals surface area contributed by atoms with Gasteiger partial charge in [-0.1, -0.05) is 0 Å². The van der Waals surface area contributed by atoms with Crippen molar-refractivity contribution in [3.8, 4) is 0 Å². The van der Waals surface area contributed by atoms with Gasteiger partial charge in [0.2, 0.25) is 0 Å². The van der Waals surface area contributed by atoms with E-state index in [2.05, 4.69) is 8.92 Å². The van der Waals surface area contributed by atoms with Crippen molar-refractivity contribution in [1.82, 2.24) is 0 Å². The highest BCUT2D eigenvalue weighted by Crippen LogP contribution is 1.77. The summed E-state index contributed by atoms with van der Waals surface area (Å²) in [5, 5.41) is 0. The van der Waals surface area contributed by atoms with Crippen molar-refractivity contribution in [2.24, 2.45) is 0 Å². The van der Waals surface area contributed by atoms with Crippen molar-refractivity contribution >= 4 is 11.4 Å². The lowest BCUT2D eigenvalue weighted by Gasteiger charge is -2.02. The third kappa shape index (κ3) is 6.03. The van der Waals surface area contributed by atoms with Crippen LogP contribution >= 0.6 is 0 Å². The highest BCUT2D eigenvalue weighted by atomic mass is 32.2. The summed E-state index contributed by atoms with van der Waals surface area (Å²) in [6.07, 6.45) is 0. The fourth-order valence-electron chi connectivity index (χ4n) is 0.185. The molecule has 0 saturated heterocycles. The molecule has 0 amide bonds. The molecule has 0 rings (SSSR count). The first-order valence-electron chi connectivity index (χ1n) is 1.99. The van der Waals surface area contributed by atoms with E-state index in [1.165, 1.54) is 7.11 Å². The highest BCUT2D eigenvalue weighted by molar-refractivity contribution is 7.74. The van der Waals surface area contributed by atoms with E-state index in [1.54, 1.807) is 0 Å². The summed E-state index contributed by atoms with van der Waals surface area (Å²) >= 11 is -2.40. The van der Waals surface area contributed by atoms with Crippen LogP contribution in [0.25, 0.3) is 0 Å². The van der Waals surface area contributed by atoms with Gasteiger partial charge in [-0.05, 0) is 0 Å². The number of methoxy groups -OCH3 is 1. The zero-order valence-electron chi connectivity index (χ0n) is 4.46. The average molecular weight is 139 g/mol. The fraction of sp³-hybridized carbons (Fsp3) is 1.00. The van der Waals surface area contributed by atoms with Crippen molar-refractivity contribution < 1.29 is 17.7 Å². The van der Waals surface area contributed by atoms with Gasteiger partial charge in [0, 0.05) is 7.11 Å². The standard InChI is InChI=1S/C3H8O4S/c1-6-2-3-7-8(4)5/h2-3H2,1H3,(H,4,5)/p-1. The maximum absolute atomic E-state index is 9.60. The van der Waals surface area contributed by atoms with Crippen molar-refractivity contribution in [1.29, 1.82) is 0 Å². The fourth-order valence-corrected chi connectivity index (χ4v) is 0.390. The van der Waals surface area contributed by atoms with Crippen molar-refractivity contribution in [2.75, 3.05) is 20.3 Å². The minimum absolute atomic E-state index is 0.0899. The van der Waals surface area contributed by atoms with Crippen LogP contribution in [0.2, 0.25) is 0 Å². The summed E-state index contributed by atoms with van der Waals surface area (Å²) in [7, 11) is 1.47. The normalized spacial score (nSPS) is 13.8. The average Bonchev–Trinajstić information content (AvgIpc) is 1.66. The molecule has 0 fully saturated rings. The van der Waals surface area contributed by atoms with Gasteiger partial charge in [-0.25, -0.2) is 4.21 Å². The van der Waals surface area contributed by atoms with Gasteiger partial charge < -0.3 is 9.29 Å². The minimum Gasteiger partial charge on any atom is -0.750 e. The van der Waals surface area contributed by atoms with Gasteiger partial charge in [-0.2, -0.15) is 0 Å². The summed E-state index contributed by atoms with van der Waals surface area (Å²) in [5.41, 5.74) is 0. The van der Waals surface area contributed by atoms with Crippen molar-refractivity contribution in [3.05, 3.63) is 0 Å². The van der Waals surface area contributed by atoms with Gasteiger partial charge in [-0.15, -0.1) is 0 Å². The van der Waals surface area contributed by atoms with E-state index in [-0.39, 0.29) is 6.61 Å². The largest absolute Gasteiger partial charge is 0.750 e. The third-order valence-electron chi connectivity index (χ3n) is 0.467. The van der Waals surface area contributed by atoms with E-state index in [1.807, 2.05) is 0 Å². The highest BCUT2D eigenvalue weighted by Gasteiger charge is 1.81. The number of hydrogen-bond donors (Lipinski definition) is 0. The van der Waals surface area contributed by atoms with E-state index in [0.717, 1.165) is 0 Å². The van der Waals surface area contributed by atoms with E-state index in [0.29, 0.717) is 6.61 Å². The van der Waals surface area contributed by atoms with Crippen molar-refractivity contribution in [2.45, 2.75) is 0 Å². The topological polar surface area (TPSA) is 58.6 Å². The van der Waals surface area contributed by atoms with Gasteiger partial charge in [0.25, 0.3) is 0 Å². The Morgan fingerprint density at radius 3 is 2.62 bits per heavy atom. The number of hydrogen-bond acceptors (Lipinski definition) is 4. The van der Waals surface area contributed by atoms with E-state index in [4.69, 9.17) is 0 Å². The van der Waals surface area contributed by atoms with Crippen LogP contribution in [0.1, 0.15) is 0 Å². The summed E-state index contributed by atoms with van der Waals surface area (Å²) < 4.78 is 27.8. The molecule has 0 radical (unpaired) electrons. The van der Waals surface area contributed by atoms with E-state index < -0.39 is 11.4 Å². The second-order valence-electron chi connectivity index (χ2n) is 1.02. The van der Waals surface area contributed by atoms with Crippen LogP contribution in [0.15, 0.2) is 0 Å². The quantitative estimate of drug-likeness (QED) is 0.387. The second kappa shape index (κ2) is 5.17. The lowest BCUT2D eigenvalue weighted by atomic mass is 10.8. The molecule has 0 aromatic rings. The maximum Gasteiger partial charge on any atom is 0.0862 e. The van der Waals surface area contributed by atoms with E-state index in [9.17, 15) is 8.76 Å². The lowest BCUT2D eigenvalue weighted by Crippen LogP contribution is -2.03. The molecule has 0 aliphatic carbocycles. The molecular formula is C3H7O4S-. The van der Waals surface area contributed by atoms with E-state index >= 15 is 0 Å². The van der Waals surface area contributed by atoms with Gasteiger partial charge in [0.15, 0.2) is 0 Å². The molecule has 0 aromatic heterocycles. The second-order valence-corrected chi connectivity index (χ2v) is 1.66. The molecule has 1 unspecified atom stereocenters. The molecule has 5 heteroatoms. The number of rotatable bonds is 4. The Morgan fingerprint density at radius 2 is 2.25 bits per heavy atom. The van der Waals surface area contributed by atoms with Crippen LogP contribution in [0.3, 0.4) is 0 Å². The molecule has 0 aromatic carbocycles. The molecule has 0 saturated carbocycles. The first-order chi connectivity index (χ1) is 3.77. The van der Waals surface area contributed by atoms with Crippen LogP contribution in [0.4, 0.5) is 0 Å². The zero-order valence-corrected chi connectivity index (χ0v) is 5.27. The van der Waals surface area contributed by atoms with Crippen molar-refractivity contribution in [3.63, 3.8) is 0 Å². The summed E-state index contributed by atoms with van der Waals surface area (Å²) in [6.45, 7) is 0.389. The monoisotopic (exact) mass is 139 g/mol.